The molecule has 118 valence electrons. The SMILES string of the molecule is CCCc1[nH]nc(C(=O)NCC(N)C2CC2)c1[N+](=O)[O-].Cl. The van der Waals surface area contributed by atoms with Gasteiger partial charge in [0.25, 0.3) is 5.91 Å². The van der Waals surface area contributed by atoms with Gasteiger partial charge in [0.05, 0.1) is 4.92 Å². The van der Waals surface area contributed by atoms with Crippen LogP contribution in [-0.4, -0.2) is 33.6 Å². The zero-order valence-corrected chi connectivity index (χ0v) is 12.6. The van der Waals surface area contributed by atoms with Crippen molar-refractivity contribution < 1.29 is 9.72 Å². The summed E-state index contributed by atoms with van der Waals surface area (Å²) >= 11 is 0. The molecule has 0 aliphatic heterocycles. The molecule has 2 rings (SSSR count). The van der Waals surface area contributed by atoms with Gasteiger partial charge in [0.2, 0.25) is 5.69 Å². The summed E-state index contributed by atoms with van der Waals surface area (Å²) in [6, 6.07) is -0.0907. The molecule has 1 amide bonds. The molecule has 21 heavy (non-hydrogen) atoms. The average molecular weight is 318 g/mol. The Morgan fingerprint density at radius 3 is 2.81 bits per heavy atom. The Kier molecular flexibility index (Phi) is 6.10. The standard InChI is InChI=1S/C12H19N5O3.ClH/c1-2-3-9-11(17(19)20)10(16-15-9)12(18)14-6-8(13)7-4-5-7;/h7-8H,2-6,13H2,1H3,(H,14,18)(H,15,16);1H. The summed E-state index contributed by atoms with van der Waals surface area (Å²) in [4.78, 5) is 22.5. The van der Waals surface area contributed by atoms with Gasteiger partial charge in [0.15, 0.2) is 0 Å². The number of halogens is 1. The second-order valence-electron chi connectivity index (χ2n) is 5.12. The van der Waals surface area contributed by atoms with Crippen LogP contribution in [0, 0.1) is 16.0 Å². The van der Waals surface area contributed by atoms with E-state index in [0.717, 1.165) is 19.3 Å². The summed E-state index contributed by atoms with van der Waals surface area (Å²) in [6.07, 6.45) is 3.38. The number of nitrogens with zero attached hydrogens (tertiary/aromatic N) is 2. The summed E-state index contributed by atoms with van der Waals surface area (Å²) in [5.74, 6) is -0.0912. The minimum Gasteiger partial charge on any atom is -0.349 e. The molecule has 1 unspecified atom stereocenters. The fourth-order valence-corrected chi connectivity index (χ4v) is 2.14. The third kappa shape index (κ3) is 4.15. The maximum absolute atomic E-state index is 12.0. The van der Waals surface area contributed by atoms with Gasteiger partial charge in [0.1, 0.15) is 5.69 Å². The summed E-state index contributed by atoms with van der Waals surface area (Å²) in [5.41, 5.74) is 5.87. The number of nitro groups is 1. The lowest BCUT2D eigenvalue weighted by molar-refractivity contribution is -0.385. The Labute approximate surface area is 128 Å². The van der Waals surface area contributed by atoms with Gasteiger partial charge in [-0.1, -0.05) is 13.3 Å². The Hall–Kier alpha value is -1.67. The Bertz CT molecular complexity index is 515. The number of aryl methyl sites for hydroxylation is 1. The Morgan fingerprint density at radius 2 is 2.29 bits per heavy atom. The fourth-order valence-electron chi connectivity index (χ4n) is 2.14. The molecule has 4 N–H and O–H groups in total. The van der Waals surface area contributed by atoms with Crippen molar-refractivity contribution in [3.8, 4) is 0 Å². The van der Waals surface area contributed by atoms with Crippen molar-refractivity contribution in [1.29, 1.82) is 0 Å². The van der Waals surface area contributed by atoms with Crippen LogP contribution in [0.2, 0.25) is 0 Å². The number of amides is 1. The van der Waals surface area contributed by atoms with Crippen LogP contribution >= 0.6 is 12.4 Å². The predicted molar refractivity (Wildman–Crippen MR) is 79.5 cm³/mol. The van der Waals surface area contributed by atoms with E-state index in [1.165, 1.54) is 0 Å². The number of rotatable bonds is 7. The molecule has 1 aromatic rings. The molecule has 0 spiro atoms. The number of nitrogens with one attached hydrogen (secondary N) is 2. The maximum atomic E-state index is 12.0. The number of carbonyl (C=O) groups is 1. The molecule has 0 bridgehead atoms. The van der Waals surface area contributed by atoms with Gasteiger partial charge in [-0.2, -0.15) is 5.10 Å². The molecule has 1 aromatic heterocycles. The first-order chi connectivity index (χ1) is 9.54. The normalized spacial score (nSPS) is 15.1. The van der Waals surface area contributed by atoms with Crippen molar-refractivity contribution >= 4 is 24.0 Å². The van der Waals surface area contributed by atoms with E-state index in [9.17, 15) is 14.9 Å². The summed E-state index contributed by atoms with van der Waals surface area (Å²) in [6.45, 7) is 2.22. The van der Waals surface area contributed by atoms with Crippen molar-refractivity contribution in [3.63, 3.8) is 0 Å². The van der Waals surface area contributed by atoms with E-state index in [1.807, 2.05) is 6.92 Å². The molecule has 9 heteroatoms. The molecule has 8 nitrogen and oxygen atoms in total. The topological polar surface area (TPSA) is 127 Å². The van der Waals surface area contributed by atoms with Crippen LogP contribution in [-0.2, 0) is 6.42 Å². The molecule has 1 aliphatic rings. The van der Waals surface area contributed by atoms with E-state index >= 15 is 0 Å². The maximum Gasteiger partial charge on any atom is 0.322 e. The summed E-state index contributed by atoms with van der Waals surface area (Å²) < 4.78 is 0. The van der Waals surface area contributed by atoms with Crippen LogP contribution in [0.15, 0.2) is 0 Å². The number of aromatic amines is 1. The van der Waals surface area contributed by atoms with Crippen molar-refractivity contribution in [1.82, 2.24) is 15.5 Å². The Balaban J connectivity index is 0.00000220. The lowest BCUT2D eigenvalue weighted by atomic mass is 10.2. The third-order valence-corrected chi connectivity index (χ3v) is 3.44. The summed E-state index contributed by atoms with van der Waals surface area (Å²) in [5, 5.41) is 20.1. The number of carbonyl (C=O) groups excluding carboxylic acids is 1. The number of H-pyrrole nitrogens is 1. The van der Waals surface area contributed by atoms with Gasteiger partial charge in [0, 0.05) is 12.6 Å². The van der Waals surface area contributed by atoms with E-state index in [2.05, 4.69) is 15.5 Å². The fraction of sp³-hybridized carbons (Fsp3) is 0.667. The van der Waals surface area contributed by atoms with E-state index in [-0.39, 0.29) is 29.8 Å². The van der Waals surface area contributed by atoms with Crippen molar-refractivity contribution in [2.24, 2.45) is 11.7 Å². The highest BCUT2D eigenvalue weighted by Gasteiger charge is 2.31. The lowest BCUT2D eigenvalue weighted by Gasteiger charge is -2.10. The molecule has 1 atom stereocenters. The first kappa shape index (κ1) is 17.4. The second kappa shape index (κ2) is 7.37. The number of hydrogen-bond acceptors (Lipinski definition) is 5. The quantitative estimate of drug-likeness (QED) is 0.513. The first-order valence-corrected chi connectivity index (χ1v) is 6.80. The van der Waals surface area contributed by atoms with E-state index < -0.39 is 10.8 Å². The summed E-state index contributed by atoms with van der Waals surface area (Å²) in [7, 11) is 0. The zero-order valence-electron chi connectivity index (χ0n) is 11.8. The largest absolute Gasteiger partial charge is 0.349 e. The van der Waals surface area contributed by atoms with Crippen LogP contribution < -0.4 is 11.1 Å². The molecular weight excluding hydrogens is 298 g/mol. The molecule has 1 saturated carbocycles. The second-order valence-corrected chi connectivity index (χ2v) is 5.12. The molecule has 1 fully saturated rings. The van der Waals surface area contributed by atoms with Crippen LogP contribution in [0.25, 0.3) is 0 Å². The van der Waals surface area contributed by atoms with Gasteiger partial charge < -0.3 is 11.1 Å². The molecule has 0 aromatic carbocycles. The minimum atomic E-state index is -0.565. The van der Waals surface area contributed by atoms with Gasteiger partial charge in [-0.25, -0.2) is 0 Å². The van der Waals surface area contributed by atoms with Crippen molar-refractivity contribution in [3.05, 3.63) is 21.5 Å². The number of nitrogens with two attached hydrogens (primary N) is 1. The van der Waals surface area contributed by atoms with Gasteiger partial charge in [-0.15, -0.1) is 12.4 Å². The Morgan fingerprint density at radius 1 is 1.62 bits per heavy atom. The molecular formula is C12H20ClN5O3. The highest BCUT2D eigenvalue weighted by Crippen LogP contribution is 2.31. The number of aromatic nitrogens is 2. The van der Waals surface area contributed by atoms with Crippen LogP contribution in [0.3, 0.4) is 0 Å². The lowest BCUT2D eigenvalue weighted by Crippen LogP contribution is -2.38. The zero-order chi connectivity index (χ0) is 14.7. The van der Waals surface area contributed by atoms with E-state index in [0.29, 0.717) is 24.6 Å². The smallest absolute Gasteiger partial charge is 0.322 e. The highest BCUT2D eigenvalue weighted by molar-refractivity contribution is 5.96. The first-order valence-electron chi connectivity index (χ1n) is 6.80. The van der Waals surface area contributed by atoms with E-state index in [1.54, 1.807) is 0 Å². The number of hydrogen-bond donors (Lipinski definition) is 3. The molecule has 1 heterocycles. The van der Waals surface area contributed by atoms with Crippen LogP contribution in [0.5, 0.6) is 0 Å². The van der Waals surface area contributed by atoms with Gasteiger partial charge >= 0.3 is 5.69 Å². The van der Waals surface area contributed by atoms with Gasteiger partial charge in [-0.3, -0.25) is 20.0 Å². The van der Waals surface area contributed by atoms with Crippen molar-refractivity contribution in [2.45, 2.75) is 38.6 Å². The average Bonchev–Trinajstić information content (AvgIpc) is 3.17. The molecule has 0 radical (unpaired) electrons. The van der Waals surface area contributed by atoms with Crippen LogP contribution in [0.1, 0.15) is 42.4 Å². The predicted octanol–water partition coefficient (Wildman–Crippen LogP) is 1.16. The third-order valence-electron chi connectivity index (χ3n) is 3.44. The molecule has 1 aliphatic carbocycles. The van der Waals surface area contributed by atoms with E-state index in [4.69, 9.17) is 5.73 Å². The van der Waals surface area contributed by atoms with Gasteiger partial charge in [-0.05, 0) is 25.2 Å². The van der Waals surface area contributed by atoms with Crippen LogP contribution in [0.4, 0.5) is 5.69 Å². The van der Waals surface area contributed by atoms with Crippen molar-refractivity contribution in [2.75, 3.05) is 6.54 Å². The highest BCUT2D eigenvalue weighted by atomic mass is 35.5. The monoisotopic (exact) mass is 317 g/mol. The molecule has 0 saturated heterocycles. The minimum absolute atomic E-state index is 0.